The molecule has 1 aromatic carbocycles. The van der Waals surface area contributed by atoms with Crippen LogP contribution in [0.15, 0.2) is 29.3 Å². The van der Waals surface area contributed by atoms with Crippen LogP contribution >= 0.6 is 0 Å². The number of amides is 1. The van der Waals surface area contributed by atoms with E-state index in [0.717, 1.165) is 44.1 Å². The maximum atomic E-state index is 11.6. The number of nitrogens with zero attached hydrogens (tertiary/aromatic N) is 4. The number of benzene rings is 1. The van der Waals surface area contributed by atoms with Crippen LogP contribution in [0.5, 0.6) is 0 Å². The average molecular weight is 403 g/mol. The van der Waals surface area contributed by atoms with Crippen molar-refractivity contribution in [3.8, 4) is 0 Å². The number of hydrogen-bond donors (Lipinski definition) is 1. The highest BCUT2D eigenvalue weighted by Crippen LogP contribution is 2.14. The summed E-state index contributed by atoms with van der Waals surface area (Å²) in [6.45, 7) is 6.32. The van der Waals surface area contributed by atoms with Crippen molar-refractivity contribution in [1.82, 2.24) is 15.1 Å². The van der Waals surface area contributed by atoms with Gasteiger partial charge in [0, 0.05) is 58.4 Å². The zero-order chi connectivity index (χ0) is 20.6. The summed E-state index contributed by atoms with van der Waals surface area (Å²) in [7, 11) is 0. The lowest BCUT2D eigenvalue weighted by Gasteiger charge is -2.36. The van der Waals surface area contributed by atoms with Crippen LogP contribution in [0.1, 0.15) is 31.7 Å². The number of carbonyl (C=O) groups excluding carboxylic acids is 1. The molecule has 9 heteroatoms. The Kier molecular flexibility index (Phi) is 7.40. The Balaban J connectivity index is 1.64. The van der Waals surface area contributed by atoms with Gasteiger partial charge in [0.1, 0.15) is 0 Å². The number of rotatable bonds is 5. The van der Waals surface area contributed by atoms with E-state index in [0.29, 0.717) is 26.2 Å². The minimum atomic E-state index is -0.404. The fraction of sp³-hybridized carbons (Fsp3) is 0.600. The maximum absolute atomic E-state index is 11.6. The van der Waals surface area contributed by atoms with Crippen LogP contribution in [-0.2, 0) is 16.1 Å². The van der Waals surface area contributed by atoms with Crippen LogP contribution in [0.25, 0.3) is 0 Å². The number of nitrogens with one attached hydrogen (secondary N) is 1. The van der Waals surface area contributed by atoms with E-state index >= 15 is 0 Å². The van der Waals surface area contributed by atoms with Gasteiger partial charge in [-0.15, -0.1) is 0 Å². The highest BCUT2D eigenvalue weighted by Gasteiger charge is 2.22. The maximum Gasteiger partial charge on any atom is 0.269 e. The number of nitro benzene ring substituents is 1. The second-order valence-corrected chi connectivity index (χ2v) is 7.43. The summed E-state index contributed by atoms with van der Waals surface area (Å²) in [6.07, 6.45) is 3.52. The van der Waals surface area contributed by atoms with E-state index in [4.69, 9.17) is 9.73 Å². The monoisotopic (exact) mass is 403 g/mol. The summed E-state index contributed by atoms with van der Waals surface area (Å²) in [5, 5.41) is 14.3. The Labute approximate surface area is 170 Å². The van der Waals surface area contributed by atoms with Crippen molar-refractivity contribution >= 4 is 17.6 Å². The fourth-order valence-corrected chi connectivity index (χ4v) is 3.56. The van der Waals surface area contributed by atoms with Gasteiger partial charge in [-0.25, -0.2) is 4.99 Å². The molecule has 1 unspecified atom stereocenters. The van der Waals surface area contributed by atoms with Crippen molar-refractivity contribution in [2.45, 2.75) is 38.8 Å². The first kappa shape index (κ1) is 21.0. The molecule has 1 amide bonds. The summed E-state index contributed by atoms with van der Waals surface area (Å²) in [6, 6.07) is 6.47. The Bertz CT molecular complexity index is 723. The van der Waals surface area contributed by atoms with E-state index in [-0.39, 0.29) is 17.7 Å². The van der Waals surface area contributed by atoms with Crippen molar-refractivity contribution < 1.29 is 14.5 Å². The largest absolute Gasteiger partial charge is 0.376 e. The van der Waals surface area contributed by atoms with Crippen LogP contribution in [0.2, 0.25) is 0 Å². The molecule has 2 fully saturated rings. The molecule has 29 heavy (non-hydrogen) atoms. The molecule has 1 atom stereocenters. The van der Waals surface area contributed by atoms with E-state index in [1.165, 1.54) is 18.6 Å². The number of piperazine rings is 1. The van der Waals surface area contributed by atoms with Crippen molar-refractivity contribution in [1.29, 1.82) is 0 Å². The molecule has 0 bridgehead atoms. The number of guanidine groups is 1. The predicted molar refractivity (Wildman–Crippen MR) is 110 cm³/mol. The van der Waals surface area contributed by atoms with Gasteiger partial charge in [-0.3, -0.25) is 14.9 Å². The summed E-state index contributed by atoms with van der Waals surface area (Å²) in [5.41, 5.74) is 0.983. The molecule has 0 aliphatic carbocycles. The lowest BCUT2D eigenvalue weighted by molar-refractivity contribution is -0.384. The number of hydrogen-bond acceptors (Lipinski definition) is 5. The Hall–Kier alpha value is -2.68. The van der Waals surface area contributed by atoms with E-state index in [9.17, 15) is 14.9 Å². The zero-order valence-electron chi connectivity index (χ0n) is 16.9. The standard InChI is InChI=1S/C20H29N5O4/c1-16(26)23-9-11-24(12-10-23)20(22-15-19-4-2-3-13-29-19)21-14-17-5-7-18(8-6-17)25(27)28/h5-8,19H,2-4,9-15H2,1H3,(H,21,22). The molecular weight excluding hydrogens is 374 g/mol. The average Bonchev–Trinajstić information content (AvgIpc) is 2.75. The lowest BCUT2D eigenvalue weighted by atomic mass is 10.1. The SMILES string of the molecule is CC(=O)N1CCN(C(=NCc2ccc([N+](=O)[O-])cc2)NCC2CCCCO2)CC1. The number of ether oxygens (including phenoxy) is 1. The van der Waals surface area contributed by atoms with Gasteiger partial charge in [-0.1, -0.05) is 12.1 Å². The second kappa shape index (κ2) is 10.2. The highest BCUT2D eigenvalue weighted by molar-refractivity contribution is 5.80. The van der Waals surface area contributed by atoms with Crippen molar-refractivity contribution in [2.75, 3.05) is 39.3 Å². The second-order valence-electron chi connectivity index (χ2n) is 7.43. The summed E-state index contributed by atoms with van der Waals surface area (Å²) in [5.74, 6) is 0.887. The summed E-state index contributed by atoms with van der Waals surface area (Å²) in [4.78, 5) is 30.8. The first-order valence-corrected chi connectivity index (χ1v) is 10.2. The molecule has 0 spiro atoms. The third-order valence-corrected chi connectivity index (χ3v) is 5.34. The van der Waals surface area contributed by atoms with E-state index < -0.39 is 4.92 Å². The van der Waals surface area contributed by atoms with Gasteiger partial charge in [0.2, 0.25) is 5.91 Å². The fourth-order valence-electron chi connectivity index (χ4n) is 3.56. The van der Waals surface area contributed by atoms with Gasteiger partial charge < -0.3 is 19.9 Å². The minimum absolute atomic E-state index is 0.0749. The van der Waals surface area contributed by atoms with Gasteiger partial charge in [-0.2, -0.15) is 0 Å². The van der Waals surface area contributed by atoms with Crippen molar-refractivity contribution in [3.63, 3.8) is 0 Å². The quantitative estimate of drug-likeness (QED) is 0.348. The van der Waals surface area contributed by atoms with Gasteiger partial charge >= 0.3 is 0 Å². The van der Waals surface area contributed by atoms with Gasteiger partial charge in [0.15, 0.2) is 5.96 Å². The van der Waals surface area contributed by atoms with E-state index in [1.807, 2.05) is 4.90 Å². The molecule has 0 radical (unpaired) electrons. The van der Waals surface area contributed by atoms with E-state index in [2.05, 4.69) is 10.2 Å². The Morgan fingerprint density at radius 1 is 1.21 bits per heavy atom. The third-order valence-electron chi connectivity index (χ3n) is 5.34. The Morgan fingerprint density at radius 2 is 1.90 bits per heavy atom. The predicted octanol–water partition coefficient (Wildman–Crippen LogP) is 1.77. The molecule has 0 aromatic heterocycles. The van der Waals surface area contributed by atoms with Crippen LogP contribution in [-0.4, -0.2) is 72.0 Å². The smallest absolute Gasteiger partial charge is 0.269 e. The summed E-state index contributed by atoms with van der Waals surface area (Å²) < 4.78 is 5.81. The molecule has 0 saturated carbocycles. The lowest BCUT2D eigenvalue weighted by Crippen LogP contribution is -2.54. The molecular formula is C20H29N5O4. The molecule has 1 N–H and O–H groups in total. The van der Waals surface area contributed by atoms with E-state index in [1.54, 1.807) is 19.1 Å². The van der Waals surface area contributed by atoms with Gasteiger partial charge in [-0.05, 0) is 24.8 Å². The number of carbonyl (C=O) groups is 1. The molecule has 2 heterocycles. The van der Waals surface area contributed by atoms with Crippen LogP contribution in [0.4, 0.5) is 5.69 Å². The van der Waals surface area contributed by atoms with Gasteiger partial charge in [0.25, 0.3) is 5.69 Å². The first-order chi connectivity index (χ1) is 14.0. The molecule has 2 aliphatic rings. The number of aliphatic imine (C=N–C) groups is 1. The molecule has 3 rings (SSSR count). The van der Waals surface area contributed by atoms with Crippen molar-refractivity contribution in [3.05, 3.63) is 39.9 Å². The Morgan fingerprint density at radius 3 is 2.48 bits per heavy atom. The minimum Gasteiger partial charge on any atom is -0.376 e. The molecule has 158 valence electrons. The molecule has 2 saturated heterocycles. The van der Waals surface area contributed by atoms with Crippen LogP contribution in [0.3, 0.4) is 0 Å². The summed E-state index contributed by atoms with van der Waals surface area (Å²) >= 11 is 0. The van der Waals surface area contributed by atoms with Crippen LogP contribution in [0, 0.1) is 10.1 Å². The van der Waals surface area contributed by atoms with Gasteiger partial charge in [0.05, 0.1) is 17.6 Å². The number of nitro groups is 1. The topological polar surface area (TPSA) is 100 Å². The van der Waals surface area contributed by atoms with Crippen LogP contribution < -0.4 is 5.32 Å². The molecule has 2 aliphatic heterocycles. The zero-order valence-corrected chi connectivity index (χ0v) is 16.9. The third kappa shape index (κ3) is 6.15. The van der Waals surface area contributed by atoms with Crippen molar-refractivity contribution in [2.24, 2.45) is 4.99 Å². The number of non-ortho nitro benzene ring substituents is 1. The molecule has 1 aromatic rings. The first-order valence-electron chi connectivity index (χ1n) is 10.2. The molecule has 9 nitrogen and oxygen atoms in total. The normalized spacial score (nSPS) is 20.4. The highest BCUT2D eigenvalue weighted by atomic mass is 16.6.